The highest BCUT2D eigenvalue weighted by Crippen LogP contribution is 2.30. The van der Waals surface area contributed by atoms with Gasteiger partial charge in [-0.3, -0.25) is 4.79 Å². The van der Waals surface area contributed by atoms with E-state index in [-0.39, 0.29) is 17.3 Å². The Labute approximate surface area is 146 Å². The second-order valence-corrected chi connectivity index (χ2v) is 5.62. The van der Waals surface area contributed by atoms with E-state index >= 15 is 0 Å². The van der Waals surface area contributed by atoms with Crippen molar-refractivity contribution in [1.82, 2.24) is 0 Å². The average Bonchev–Trinajstić information content (AvgIpc) is 2.58. The van der Waals surface area contributed by atoms with Crippen LogP contribution in [0.1, 0.15) is 30.1 Å². The number of amides is 1. The van der Waals surface area contributed by atoms with E-state index in [1.807, 2.05) is 0 Å². The first kappa shape index (κ1) is 17.9. The van der Waals surface area contributed by atoms with Crippen LogP contribution < -0.4 is 14.8 Å². The fourth-order valence-electron chi connectivity index (χ4n) is 2.06. The molecule has 0 aliphatic rings. The van der Waals surface area contributed by atoms with Gasteiger partial charge >= 0.3 is 0 Å². The number of unbranched alkanes of at least 4 members (excludes halogenated alkanes) is 1. The molecule has 5 nitrogen and oxygen atoms in total. The molecule has 0 radical (unpaired) electrons. The second-order valence-electron chi connectivity index (χ2n) is 5.18. The lowest BCUT2D eigenvalue weighted by Crippen LogP contribution is -2.12. The third-order valence-electron chi connectivity index (χ3n) is 3.39. The molecule has 0 aliphatic heterocycles. The smallest absolute Gasteiger partial charge is 0.255 e. The van der Waals surface area contributed by atoms with Gasteiger partial charge in [0.25, 0.3) is 5.91 Å². The number of rotatable bonds is 7. The Morgan fingerprint density at radius 3 is 2.71 bits per heavy atom. The molecule has 0 heterocycles. The molecule has 1 amide bonds. The fourth-order valence-corrected chi connectivity index (χ4v) is 2.23. The number of anilines is 1. The van der Waals surface area contributed by atoms with Crippen LogP contribution in [-0.4, -0.2) is 24.7 Å². The summed E-state index contributed by atoms with van der Waals surface area (Å²) in [6.07, 6.45) is 1.98. The van der Waals surface area contributed by atoms with E-state index in [1.54, 1.807) is 18.2 Å². The van der Waals surface area contributed by atoms with Gasteiger partial charge in [0.1, 0.15) is 5.75 Å². The normalized spacial score (nSPS) is 10.3. The van der Waals surface area contributed by atoms with Crippen molar-refractivity contribution in [2.45, 2.75) is 19.8 Å². The molecular formula is C18H20ClNO4. The maximum Gasteiger partial charge on any atom is 0.255 e. The van der Waals surface area contributed by atoms with Gasteiger partial charge < -0.3 is 19.9 Å². The number of hydrogen-bond acceptors (Lipinski definition) is 4. The van der Waals surface area contributed by atoms with Crippen molar-refractivity contribution in [2.75, 3.05) is 19.0 Å². The van der Waals surface area contributed by atoms with Crippen molar-refractivity contribution in [2.24, 2.45) is 0 Å². The van der Waals surface area contributed by atoms with E-state index in [9.17, 15) is 9.90 Å². The van der Waals surface area contributed by atoms with Gasteiger partial charge in [-0.15, -0.1) is 0 Å². The molecule has 0 atom stereocenters. The van der Waals surface area contributed by atoms with Crippen LogP contribution in [0.15, 0.2) is 36.4 Å². The second kappa shape index (κ2) is 8.45. The summed E-state index contributed by atoms with van der Waals surface area (Å²) in [6, 6.07) is 9.37. The zero-order valence-corrected chi connectivity index (χ0v) is 14.4. The molecule has 0 spiro atoms. The number of carbonyl (C=O) groups excluding carboxylic acids is 1. The van der Waals surface area contributed by atoms with Crippen molar-refractivity contribution < 1.29 is 19.4 Å². The highest BCUT2D eigenvalue weighted by molar-refractivity contribution is 6.31. The third-order valence-corrected chi connectivity index (χ3v) is 3.62. The number of methoxy groups -OCH3 is 1. The summed E-state index contributed by atoms with van der Waals surface area (Å²) in [5, 5.41) is 12.8. The molecule has 0 aromatic heterocycles. The van der Waals surface area contributed by atoms with Gasteiger partial charge in [-0.2, -0.15) is 0 Å². The van der Waals surface area contributed by atoms with Gasteiger partial charge in [-0.05, 0) is 42.8 Å². The van der Waals surface area contributed by atoms with Gasteiger partial charge in [0, 0.05) is 10.6 Å². The first-order valence-electron chi connectivity index (χ1n) is 7.66. The van der Waals surface area contributed by atoms with Crippen LogP contribution in [0.5, 0.6) is 17.2 Å². The van der Waals surface area contributed by atoms with Crippen LogP contribution in [0.3, 0.4) is 0 Å². The molecule has 128 valence electrons. The van der Waals surface area contributed by atoms with Crippen LogP contribution >= 0.6 is 11.6 Å². The minimum atomic E-state index is -0.383. The van der Waals surface area contributed by atoms with Crippen molar-refractivity contribution in [3.05, 3.63) is 47.0 Å². The molecule has 2 aromatic rings. The SMILES string of the molecule is CCCCOc1ccc(C(=O)Nc2cc(Cl)ccc2O)cc1OC. The molecule has 6 heteroatoms. The van der Waals surface area contributed by atoms with E-state index in [2.05, 4.69) is 12.2 Å². The third kappa shape index (κ3) is 4.55. The van der Waals surface area contributed by atoms with E-state index in [1.165, 1.54) is 25.3 Å². The molecule has 0 bridgehead atoms. The fraction of sp³-hybridized carbons (Fsp3) is 0.278. The predicted molar refractivity (Wildman–Crippen MR) is 94.5 cm³/mol. The number of hydrogen-bond donors (Lipinski definition) is 2. The molecule has 0 saturated carbocycles. The number of aromatic hydroxyl groups is 1. The van der Waals surface area contributed by atoms with E-state index in [0.717, 1.165) is 12.8 Å². The number of phenolic OH excluding ortho intramolecular Hbond substituents is 1. The van der Waals surface area contributed by atoms with Gasteiger partial charge in [-0.25, -0.2) is 0 Å². The number of benzene rings is 2. The molecule has 2 rings (SSSR count). The molecule has 2 N–H and O–H groups in total. The maximum atomic E-state index is 12.4. The Bertz CT molecular complexity index is 718. The molecule has 0 saturated heterocycles. The van der Waals surface area contributed by atoms with Gasteiger partial charge in [0.05, 0.1) is 19.4 Å². The van der Waals surface area contributed by atoms with Crippen LogP contribution in [0.2, 0.25) is 5.02 Å². The summed E-state index contributed by atoms with van der Waals surface area (Å²) in [7, 11) is 1.52. The summed E-state index contributed by atoms with van der Waals surface area (Å²) in [5.41, 5.74) is 0.629. The van der Waals surface area contributed by atoms with E-state index in [4.69, 9.17) is 21.1 Å². The van der Waals surface area contributed by atoms with Gasteiger partial charge in [0.15, 0.2) is 11.5 Å². The highest BCUT2D eigenvalue weighted by Gasteiger charge is 2.13. The monoisotopic (exact) mass is 349 g/mol. The Hall–Kier alpha value is -2.40. The Kier molecular flexibility index (Phi) is 6.32. The summed E-state index contributed by atoms with van der Waals surface area (Å²) >= 11 is 5.88. The molecule has 0 aliphatic carbocycles. The quantitative estimate of drug-likeness (QED) is 0.571. The number of ether oxygens (including phenoxy) is 2. The van der Waals surface area contributed by atoms with Crippen molar-refractivity contribution in [3.63, 3.8) is 0 Å². The van der Waals surface area contributed by atoms with Crippen LogP contribution in [0.4, 0.5) is 5.69 Å². The number of halogens is 1. The van der Waals surface area contributed by atoms with Crippen LogP contribution in [0, 0.1) is 0 Å². The van der Waals surface area contributed by atoms with E-state index in [0.29, 0.717) is 28.7 Å². The lowest BCUT2D eigenvalue weighted by Gasteiger charge is -2.12. The summed E-state index contributed by atoms with van der Waals surface area (Å²) in [4.78, 5) is 12.4. The van der Waals surface area contributed by atoms with Crippen molar-refractivity contribution in [3.8, 4) is 17.2 Å². The molecule has 0 fully saturated rings. The topological polar surface area (TPSA) is 67.8 Å². The Morgan fingerprint density at radius 2 is 2.00 bits per heavy atom. The predicted octanol–water partition coefficient (Wildman–Crippen LogP) is 4.49. The minimum absolute atomic E-state index is 0.0563. The number of phenols is 1. The maximum absolute atomic E-state index is 12.4. The van der Waals surface area contributed by atoms with Crippen LogP contribution in [0.25, 0.3) is 0 Å². The standard InChI is InChI=1S/C18H20ClNO4/c1-3-4-9-24-16-8-5-12(10-17(16)23-2)18(22)20-14-11-13(19)6-7-15(14)21/h5-8,10-11,21H,3-4,9H2,1-2H3,(H,20,22). The zero-order valence-electron chi connectivity index (χ0n) is 13.6. The van der Waals surface area contributed by atoms with Gasteiger partial charge in [-0.1, -0.05) is 24.9 Å². The first-order valence-corrected chi connectivity index (χ1v) is 8.03. The highest BCUT2D eigenvalue weighted by atomic mass is 35.5. The lowest BCUT2D eigenvalue weighted by molar-refractivity contribution is 0.102. The summed E-state index contributed by atoms with van der Waals surface area (Å²) in [6.45, 7) is 2.67. The number of carbonyl (C=O) groups is 1. The average molecular weight is 350 g/mol. The summed E-state index contributed by atoms with van der Waals surface area (Å²) in [5.74, 6) is 0.632. The lowest BCUT2D eigenvalue weighted by atomic mass is 10.1. The molecule has 0 unspecified atom stereocenters. The van der Waals surface area contributed by atoms with Gasteiger partial charge in [0.2, 0.25) is 0 Å². The Morgan fingerprint density at radius 1 is 1.21 bits per heavy atom. The minimum Gasteiger partial charge on any atom is -0.506 e. The molecule has 2 aromatic carbocycles. The first-order chi connectivity index (χ1) is 11.5. The zero-order chi connectivity index (χ0) is 17.5. The van der Waals surface area contributed by atoms with Crippen LogP contribution in [-0.2, 0) is 0 Å². The molecule has 24 heavy (non-hydrogen) atoms. The molecular weight excluding hydrogens is 330 g/mol. The number of nitrogens with one attached hydrogen (secondary N) is 1. The summed E-state index contributed by atoms with van der Waals surface area (Å²) < 4.78 is 10.9. The Balaban J connectivity index is 2.16. The largest absolute Gasteiger partial charge is 0.506 e. The van der Waals surface area contributed by atoms with Crippen molar-refractivity contribution in [1.29, 1.82) is 0 Å². The van der Waals surface area contributed by atoms with E-state index < -0.39 is 0 Å². The van der Waals surface area contributed by atoms with Crippen molar-refractivity contribution >= 4 is 23.2 Å².